The zero-order valence-corrected chi connectivity index (χ0v) is 10.2. The van der Waals surface area contributed by atoms with Gasteiger partial charge in [0.05, 0.1) is 12.5 Å². The van der Waals surface area contributed by atoms with Crippen LogP contribution in [0.15, 0.2) is 30.9 Å². The predicted molar refractivity (Wildman–Crippen MR) is 65.4 cm³/mol. The molecule has 0 aliphatic heterocycles. The second-order valence-corrected chi connectivity index (χ2v) is 4.01. The molecule has 0 saturated carbocycles. The lowest BCUT2D eigenvalue weighted by Crippen LogP contribution is -2.42. The summed E-state index contributed by atoms with van der Waals surface area (Å²) in [5.74, 6) is -2.44. The molecule has 7 nitrogen and oxygen atoms in total. The Bertz CT molecular complexity index is 598. The number of hydrogen-bond donors (Lipinski definition) is 3. The molecule has 0 saturated heterocycles. The molecule has 1 unspecified atom stereocenters. The van der Waals surface area contributed by atoms with Gasteiger partial charge in [0.25, 0.3) is 5.91 Å². The minimum absolute atomic E-state index is 0.0535. The maximum atomic E-state index is 12.7. The van der Waals surface area contributed by atoms with Crippen molar-refractivity contribution < 1.29 is 19.1 Å². The van der Waals surface area contributed by atoms with Crippen molar-refractivity contribution in [3.63, 3.8) is 0 Å². The number of carbonyl (C=O) groups is 2. The highest BCUT2D eigenvalue weighted by molar-refractivity contribution is 5.94. The minimum atomic E-state index is -1.19. The van der Waals surface area contributed by atoms with Crippen molar-refractivity contribution in [1.82, 2.24) is 20.3 Å². The number of hydrogen-bond acceptors (Lipinski definition) is 4. The number of carboxylic acids is 1. The van der Waals surface area contributed by atoms with E-state index in [0.29, 0.717) is 5.69 Å². The summed E-state index contributed by atoms with van der Waals surface area (Å²) in [6.07, 6.45) is 3.83. The van der Waals surface area contributed by atoms with Crippen LogP contribution in [0.25, 0.3) is 0 Å². The van der Waals surface area contributed by atoms with E-state index in [1.54, 1.807) is 0 Å². The molecule has 2 aromatic rings. The van der Waals surface area contributed by atoms with Crippen LogP contribution in [-0.2, 0) is 11.2 Å². The van der Waals surface area contributed by atoms with Crippen molar-refractivity contribution in [3.8, 4) is 0 Å². The number of carbonyl (C=O) groups excluding carboxylic acids is 1. The summed E-state index contributed by atoms with van der Waals surface area (Å²) in [5.41, 5.74) is 0.520. The number of rotatable bonds is 5. The number of H-pyrrole nitrogens is 1. The molecule has 3 N–H and O–H groups in total. The number of nitrogens with one attached hydrogen (secondary N) is 2. The molecule has 1 amide bonds. The zero-order chi connectivity index (χ0) is 14.5. The van der Waals surface area contributed by atoms with Crippen molar-refractivity contribution in [3.05, 3.63) is 48.1 Å². The van der Waals surface area contributed by atoms with Gasteiger partial charge in [0, 0.05) is 18.3 Å². The van der Waals surface area contributed by atoms with E-state index >= 15 is 0 Å². The van der Waals surface area contributed by atoms with Gasteiger partial charge in [-0.3, -0.25) is 4.79 Å². The summed E-state index contributed by atoms with van der Waals surface area (Å²) in [6, 6.07) is 1.13. The molecule has 0 fully saturated rings. The third kappa shape index (κ3) is 3.37. The van der Waals surface area contributed by atoms with Crippen molar-refractivity contribution >= 4 is 11.9 Å². The molecule has 0 aliphatic carbocycles. The van der Waals surface area contributed by atoms with E-state index in [1.165, 1.54) is 18.6 Å². The van der Waals surface area contributed by atoms with E-state index in [-0.39, 0.29) is 12.1 Å². The summed E-state index contributed by atoms with van der Waals surface area (Å²) in [4.78, 5) is 33.0. The lowest BCUT2D eigenvalue weighted by Gasteiger charge is -2.13. The Morgan fingerprint density at radius 1 is 1.40 bits per heavy atom. The Morgan fingerprint density at radius 2 is 2.20 bits per heavy atom. The Hall–Kier alpha value is -2.77. The van der Waals surface area contributed by atoms with Gasteiger partial charge in [0.2, 0.25) is 0 Å². The first-order valence-corrected chi connectivity index (χ1v) is 5.68. The number of amides is 1. The van der Waals surface area contributed by atoms with Crippen LogP contribution in [0.4, 0.5) is 4.39 Å². The second kappa shape index (κ2) is 5.91. The average molecular weight is 278 g/mol. The lowest BCUT2D eigenvalue weighted by molar-refractivity contribution is -0.139. The first-order valence-electron chi connectivity index (χ1n) is 5.68. The van der Waals surface area contributed by atoms with Gasteiger partial charge in [-0.2, -0.15) is 0 Å². The summed E-state index contributed by atoms with van der Waals surface area (Å²) in [6.45, 7) is 0. The van der Waals surface area contributed by atoms with Gasteiger partial charge in [0.15, 0.2) is 0 Å². The number of pyridine rings is 1. The smallest absolute Gasteiger partial charge is 0.326 e. The van der Waals surface area contributed by atoms with E-state index in [0.717, 1.165) is 12.3 Å². The molecule has 2 rings (SSSR count). The number of carboxylic acid groups (broad SMARTS) is 1. The maximum absolute atomic E-state index is 12.7. The summed E-state index contributed by atoms with van der Waals surface area (Å²) in [5, 5.41) is 11.4. The first kappa shape index (κ1) is 13.7. The molecule has 20 heavy (non-hydrogen) atoms. The Kier molecular flexibility index (Phi) is 4.04. The highest BCUT2D eigenvalue weighted by Gasteiger charge is 2.22. The third-order valence-electron chi connectivity index (χ3n) is 2.54. The molecule has 0 radical (unpaired) electrons. The Labute approximate surface area is 112 Å². The molecule has 1 atom stereocenters. The van der Waals surface area contributed by atoms with Crippen LogP contribution in [0, 0.1) is 5.82 Å². The third-order valence-corrected chi connectivity index (χ3v) is 2.54. The molecule has 104 valence electrons. The highest BCUT2D eigenvalue weighted by Crippen LogP contribution is 2.02. The molecule has 2 aromatic heterocycles. The van der Waals surface area contributed by atoms with Crippen LogP contribution in [0.3, 0.4) is 0 Å². The van der Waals surface area contributed by atoms with Gasteiger partial charge in [-0.15, -0.1) is 0 Å². The normalized spacial score (nSPS) is 11.8. The monoisotopic (exact) mass is 278 g/mol. The van der Waals surface area contributed by atoms with E-state index in [9.17, 15) is 14.0 Å². The predicted octanol–water partition coefficient (Wildman–Crippen LogP) is 0.369. The zero-order valence-electron chi connectivity index (χ0n) is 10.2. The number of imidazole rings is 1. The molecular formula is C12H11FN4O3. The largest absolute Gasteiger partial charge is 0.480 e. The van der Waals surface area contributed by atoms with Crippen molar-refractivity contribution in [2.75, 3.05) is 0 Å². The van der Waals surface area contributed by atoms with Crippen LogP contribution in [0.1, 0.15) is 16.2 Å². The maximum Gasteiger partial charge on any atom is 0.326 e. The molecule has 0 spiro atoms. The average Bonchev–Trinajstić information content (AvgIpc) is 2.91. The summed E-state index contributed by atoms with van der Waals surface area (Å²) >= 11 is 0. The number of aromatic nitrogens is 3. The van der Waals surface area contributed by atoms with Crippen LogP contribution in [0.2, 0.25) is 0 Å². The van der Waals surface area contributed by atoms with Crippen molar-refractivity contribution in [2.24, 2.45) is 0 Å². The SMILES string of the molecule is O=C(NC(Cc1cnc[nH]1)C(=O)O)c1ccc(F)cn1. The van der Waals surface area contributed by atoms with Crippen molar-refractivity contribution in [1.29, 1.82) is 0 Å². The highest BCUT2D eigenvalue weighted by atomic mass is 19.1. The fourth-order valence-corrected chi connectivity index (χ4v) is 1.56. The summed E-state index contributed by atoms with van der Waals surface area (Å²) in [7, 11) is 0. The van der Waals surface area contributed by atoms with Gasteiger partial charge >= 0.3 is 5.97 Å². The summed E-state index contributed by atoms with van der Waals surface area (Å²) < 4.78 is 12.7. The standard InChI is InChI=1S/C12H11FN4O3/c13-7-1-2-9(15-4-7)11(18)17-10(12(19)20)3-8-5-14-6-16-8/h1-2,4-6,10H,3H2,(H,14,16)(H,17,18)(H,19,20). The van der Waals surface area contributed by atoms with Crippen LogP contribution in [0.5, 0.6) is 0 Å². The van der Waals surface area contributed by atoms with E-state index in [2.05, 4.69) is 20.3 Å². The topological polar surface area (TPSA) is 108 Å². The van der Waals surface area contributed by atoms with E-state index < -0.39 is 23.7 Å². The molecule has 0 bridgehead atoms. The Morgan fingerprint density at radius 3 is 2.75 bits per heavy atom. The van der Waals surface area contributed by atoms with Gasteiger partial charge < -0.3 is 15.4 Å². The number of halogens is 1. The molecule has 2 heterocycles. The molecular weight excluding hydrogens is 267 g/mol. The molecule has 0 aromatic carbocycles. The first-order chi connectivity index (χ1) is 9.56. The van der Waals surface area contributed by atoms with Crippen LogP contribution in [-0.4, -0.2) is 38.0 Å². The Balaban J connectivity index is 2.06. The molecule has 8 heteroatoms. The van der Waals surface area contributed by atoms with Gasteiger partial charge in [0.1, 0.15) is 17.6 Å². The van der Waals surface area contributed by atoms with Gasteiger partial charge in [-0.05, 0) is 12.1 Å². The fraction of sp³-hybridized carbons (Fsp3) is 0.167. The molecule has 0 aliphatic rings. The van der Waals surface area contributed by atoms with Gasteiger partial charge in [-0.1, -0.05) is 0 Å². The van der Waals surface area contributed by atoms with E-state index in [1.807, 2.05) is 0 Å². The number of aromatic amines is 1. The van der Waals surface area contributed by atoms with Crippen LogP contribution >= 0.6 is 0 Å². The fourth-order valence-electron chi connectivity index (χ4n) is 1.56. The van der Waals surface area contributed by atoms with Crippen molar-refractivity contribution in [2.45, 2.75) is 12.5 Å². The number of nitrogens with zero attached hydrogens (tertiary/aromatic N) is 2. The number of aliphatic carboxylic acids is 1. The van der Waals surface area contributed by atoms with Gasteiger partial charge in [-0.25, -0.2) is 19.2 Å². The van der Waals surface area contributed by atoms with Crippen LogP contribution < -0.4 is 5.32 Å². The van der Waals surface area contributed by atoms with E-state index in [4.69, 9.17) is 5.11 Å². The second-order valence-electron chi connectivity index (χ2n) is 4.01. The minimum Gasteiger partial charge on any atom is -0.480 e. The lowest BCUT2D eigenvalue weighted by atomic mass is 10.1. The quantitative estimate of drug-likeness (QED) is 0.732.